The summed E-state index contributed by atoms with van der Waals surface area (Å²) in [5.41, 5.74) is 0. The molecule has 20 heavy (non-hydrogen) atoms. The zero-order valence-electron chi connectivity index (χ0n) is 12.2. The van der Waals surface area contributed by atoms with E-state index >= 15 is 0 Å². The van der Waals surface area contributed by atoms with Gasteiger partial charge in [0.15, 0.2) is 0 Å². The van der Waals surface area contributed by atoms with Gasteiger partial charge in [0.1, 0.15) is 6.61 Å². The van der Waals surface area contributed by atoms with Crippen molar-refractivity contribution in [1.29, 1.82) is 0 Å². The molecule has 0 bridgehead atoms. The Balaban J connectivity index is 3.64. The standard InChI is InChI=1S/C14H24N2O4/c1-4-9-20-10-7-13(17)15-8-6-14(18)16-12(5-2)11-19-3/h1,12H,5-11H2,2-3H3,(H,15,17)(H,16,18). The highest BCUT2D eigenvalue weighted by Crippen LogP contribution is 1.92. The summed E-state index contributed by atoms with van der Waals surface area (Å²) in [6, 6.07) is 0.0142. The molecule has 0 rings (SSSR count). The monoisotopic (exact) mass is 284 g/mol. The summed E-state index contributed by atoms with van der Waals surface area (Å²) in [5, 5.41) is 5.49. The molecule has 0 aliphatic carbocycles. The maximum absolute atomic E-state index is 11.6. The number of amides is 2. The molecule has 6 nitrogen and oxygen atoms in total. The van der Waals surface area contributed by atoms with Crippen LogP contribution in [0.15, 0.2) is 0 Å². The Morgan fingerprint density at radius 3 is 2.65 bits per heavy atom. The van der Waals surface area contributed by atoms with E-state index in [9.17, 15) is 9.59 Å². The Kier molecular flexibility index (Phi) is 11.5. The molecule has 2 N–H and O–H groups in total. The number of ether oxygens (including phenoxy) is 2. The van der Waals surface area contributed by atoms with E-state index in [2.05, 4.69) is 16.6 Å². The first kappa shape index (κ1) is 18.4. The molecule has 0 radical (unpaired) electrons. The normalized spacial score (nSPS) is 11.4. The molecule has 1 atom stereocenters. The van der Waals surface area contributed by atoms with Crippen molar-refractivity contribution in [2.75, 3.05) is 33.5 Å². The Hall–Kier alpha value is -1.58. The van der Waals surface area contributed by atoms with Gasteiger partial charge in [0.05, 0.1) is 25.7 Å². The number of terminal acetylenes is 1. The molecule has 0 heterocycles. The lowest BCUT2D eigenvalue weighted by molar-refractivity contribution is -0.123. The van der Waals surface area contributed by atoms with Crippen molar-refractivity contribution in [2.24, 2.45) is 0 Å². The van der Waals surface area contributed by atoms with Gasteiger partial charge in [-0.05, 0) is 6.42 Å². The van der Waals surface area contributed by atoms with Crippen LogP contribution in [-0.4, -0.2) is 51.3 Å². The Morgan fingerprint density at radius 1 is 1.30 bits per heavy atom. The predicted molar refractivity (Wildman–Crippen MR) is 76.0 cm³/mol. The summed E-state index contributed by atoms with van der Waals surface area (Å²) in [6.07, 6.45) is 6.29. The average molecular weight is 284 g/mol. The van der Waals surface area contributed by atoms with Gasteiger partial charge in [-0.3, -0.25) is 9.59 Å². The molecule has 0 spiro atoms. The van der Waals surface area contributed by atoms with Crippen LogP contribution in [-0.2, 0) is 19.1 Å². The number of hydrogen-bond donors (Lipinski definition) is 2. The molecular weight excluding hydrogens is 260 g/mol. The van der Waals surface area contributed by atoms with Crippen molar-refractivity contribution < 1.29 is 19.1 Å². The molecule has 0 aromatic rings. The molecule has 0 fully saturated rings. The third-order valence-corrected chi connectivity index (χ3v) is 2.56. The Morgan fingerprint density at radius 2 is 2.05 bits per heavy atom. The van der Waals surface area contributed by atoms with E-state index < -0.39 is 0 Å². The van der Waals surface area contributed by atoms with E-state index in [4.69, 9.17) is 15.9 Å². The van der Waals surface area contributed by atoms with Gasteiger partial charge in [-0.1, -0.05) is 12.8 Å². The van der Waals surface area contributed by atoms with Gasteiger partial charge in [-0.2, -0.15) is 0 Å². The fraction of sp³-hybridized carbons (Fsp3) is 0.714. The van der Waals surface area contributed by atoms with Crippen LogP contribution in [0, 0.1) is 12.3 Å². The van der Waals surface area contributed by atoms with E-state index in [-0.39, 0.29) is 43.9 Å². The Labute approximate surface area is 120 Å². The molecule has 0 saturated heterocycles. The van der Waals surface area contributed by atoms with Gasteiger partial charge in [0, 0.05) is 20.1 Å². The van der Waals surface area contributed by atoms with Crippen LogP contribution in [0.25, 0.3) is 0 Å². The third-order valence-electron chi connectivity index (χ3n) is 2.56. The van der Waals surface area contributed by atoms with Gasteiger partial charge < -0.3 is 20.1 Å². The summed E-state index contributed by atoms with van der Waals surface area (Å²) in [4.78, 5) is 23.0. The summed E-state index contributed by atoms with van der Waals surface area (Å²) in [6.45, 7) is 3.26. The average Bonchev–Trinajstić information content (AvgIpc) is 2.43. The second kappa shape index (κ2) is 12.5. The fourth-order valence-corrected chi connectivity index (χ4v) is 1.46. The van der Waals surface area contributed by atoms with Crippen molar-refractivity contribution in [3.05, 3.63) is 0 Å². The van der Waals surface area contributed by atoms with Gasteiger partial charge >= 0.3 is 0 Å². The number of methoxy groups -OCH3 is 1. The maximum atomic E-state index is 11.6. The number of carbonyl (C=O) groups is 2. The lowest BCUT2D eigenvalue weighted by atomic mass is 10.2. The third kappa shape index (κ3) is 10.4. The van der Waals surface area contributed by atoms with E-state index in [0.29, 0.717) is 13.2 Å². The second-order valence-corrected chi connectivity index (χ2v) is 4.23. The first-order valence-electron chi connectivity index (χ1n) is 6.70. The summed E-state index contributed by atoms with van der Waals surface area (Å²) >= 11 is 0. The van der Waals surface area contributed by atoms with Crippen molar-refractivity contribution >= 4 is 11.8 Å². The highest BCUT2D eigenvalue weighted by atomic mass is 16.5. The smallest absolute Gasteiger partial charge is 0.222 e. The minimum atomic E-state index is -0.154. The number of nitrogens with one attached hydrogen (secondary N) is 2. The van der Waals surface area contributed by atoms with Crippen LogP contribution in [0.2, 0.25) is 0 Å². The van der Waals surface area contributed by atoms with Crippen LogP contribution >= 0.6 is 0 Å². The first-order chi connectivity index (χ1) is 9.63. The predicted octanol–water partition coefficient (Wildman–Crippen LogP) is 0.0738. The summed E-state index contributed by atoms with van der Waals surface area (Å²) in [5.74, 6) is 2.06. The van der Waals surface area contributed by atoms with E-state index in [0.717, 1.165) is 6.42 Å². The van der Waals surface area contributed by atoms with E-state index in [1.54, 1.807) is 7.11 Å². The highest BCUT2D eigenvalue weighted by Gasteiger charge is 2.10. The number of rotatable bonds is 11. The Bertz CT molecular complexity index is 326. The SMILES string of the molecule is C#CCOCCC(=O)NCCC(=O)NC(CC)COC. The van der Waals surface area contributed by atoms with Crippen molar-refractivity contribution in [3.63, 3.8) is 0 Å². The van der Waals surface area contributed by atoms with E-state index in [1.807, 2.05) is 6.92 Å². The topological polar surface area (TPSA) is 76.7 Å². The van der Waals surface area contributed by atoms with Gasteiger partial charge in [-0.25, -0.2) is 0 Å². The molecule has 114 valence electrons. The van der Waals surface area contributed by atoms with Crippen LogP contribution in [0.1, 0.15) is 26.2 Å². The van der Waals surface area contributed by atoms with Gasteiger partial charge in [0.25, 0.3) is 0 Å². The van der Waals surface area contributed by atoms with Crippen LogP contribution in [0.3, 0.4) is 0 Å². The van der Waals surface area contributed by atoms with Gasteiger partial charge in [-0.15, -0.1) is 6.42 Å². The van der Waals surface area contributed by atoms with Crippen LogP contribution < -0.4 is 10.6 Å². The lowest BCUT2D eigenvalue weighted by Gasteiger charge is -2.15. The summed E-state index contributed by atoms with van der Waals surface area (Å²) in [7, 11) is 1.59. The van der Waals surface area contributed by atoms with Crippen molar-refractivity contribution in [1.82, 2.24) is 10.6 Å². The molecule has 0 aromatic heterocycles. The largest absolute Gasteiger partial charge is 0.383 e. The maximum Gasteiger partial charge on any atom is 0.222 e. The zero-order chi connectivity index (χ0) is 15.2. The molecule has 0 aliphatic heterocycles. The molecule has 0 saturated carbocycles. The molecule has 6 heteroatoms. The second-order valence-electron chi connectivity index (χ2n) is 4.23. The van der Waals surface area contributed by atoms with E-state index in [1.165, 1.54) is 0 Å². The summed E-state index contributed by atoms with van der Waals surface area (Å²) < 4.78 is 9.98. The van der Waals surface area contributed by atoms with Crippen LogP contribution in [0.4, 0.5) is 0 Å². The molecule has 0 aliphatic rings. The minimum Gasteiger partial charge on any atom is -0.383 e. The number of carbonyl (C=O) groups excluding carboxylic acids is 2. The van der Waals surface area contributed by atoms with Crippen molar-refractivity contribution in [3.8, 4) is 12.3 Å². The lowest BCUT2D eigenvalue weighted by Crippen LogP contribution is -2.39. The van der Waals surface area contributed by atoms with Gasteiger partial charge in [0.2, 0.25) is 11.8 Å². The molecule has 0 aromatic carbocycles. The molecule has 1 unspecified atom stereocenters. The first-order valence-corrected chi connectivity index (χ1v) is 6.70. The fourth-order valence-electron chi connectivity index (χ4n) is 1.46. The molecular formula is C14H24N2O4. The molecule has 2 amide bonds. The highest BCUT2D eigenvalue weighted by molar-refractivity contribution is 5.79. The zero-order valence-corrected chi connectivity index (χ0v) is 12.2. The minimum absolute atomic E-state index is 0.0142. The quantitative estimate of drug-likeness (QED) is 0.416. The van der Waals surface area contributed by atoms with Crippen molar-refractivity contribution in [2.45, 2.75) is 32.2 Å². The van der Waals surface area contributed by atoms with Crippen LogP contribution in [0.5, 0.6) is 0 Å². The number of hydrogen-bond acceptors (Lipinski definition) is 4.